The van der Waals surface area contributed by atoms with Crippen LogP contribution in [0.2, 0.25) is 0 Å². The number of carbonyl (C=O) groups excluding carboxylic acids is 1. The van der Waals surface area contributed by atoms with Crippen molar-refractivity contribution in [1.29, 1.82) is 0 Å². The van der Waals surface area contributed by atoms with Crippen LogP contribution in [0.15, 0.2) is 40.8 Å². The van der Waals surface area contributed by atoms with Gasteiger partial charge in [0, 0.05) is 18.5 Å². The highest BCUT2D eigenvalue weighted by molar-refractivity contribution is 7.89. The summed E-state index contributed by atoms with van der Waals surface area (Å²) in [5.74, 6) is 0.107. The first-order valence-corrected chi connectivity index (χ1v) is 8.76. The van der Waals surface area contributed by atoms with Gasteiger partial charge in [-0.1, -0.05) is 23.8 Å². The summed E-state index contributed by atoms with van der Waals surface area (Å²) in [6, 6.07) is 6.63. The van der Waals surface area contributed by atoms with Gasteiger partial charge >= 0.3 is 0 Å². The molecule has 1 saturated heterocycles. The van der Waals surface area contributed by atoms with Gasteiger partial charge in [-0.2, -0.15) is 4.31 Å². The fourth-order valence-corrected chi connectivity index (χ4v) is 4.74. The Morgan fingerprint density at radius 3 is 2.62 bits per heavy atom. The molecule has 4 nitrogen and oxygen atoms in total. The number of rotatable bonds is 2. The molecule has 1 aliphatic carbocycles. The van der Waals surface area contributed by atoms with Crippen LogP contribution >= 0.6 is 0 Å². The Hall–Kier alpha value is -1.46. The van der Waals surface area contributed by atoms with Crippen LogP contribution in [0.25, 0.3) is 0 Å². The van der Waals surface area contributed by atoms with Crippen molar-refractivity contribution >= 4 is 15.8 Å². The van der Waals surface area contributed by atoms with Crippen LogP contribution in [-0.2, 0) is 14.8 Å². The first-order valence-electron chi connectivity index (χ1n) is 7.32. The quantitative estimate of drug-likeness (QED) is 0.843. The fraction of sp³-hybridized carbons (Fsp3) is 0.438. The van der Waals surface area contributed by atoms with Crippen LogP contribution in [0, 0.1) is 6.92 Å². The number of sulfonamides is 1. The van der Waals surface area contributed by atoms with Gasteiger partial charge in [0.15, 0.2) is 5.78 Å². The van der Waals surface area contributed by atoms with Crippen LogP contribution in [0.5, 0.6) is 0 Å². The van der Waals surface area contributed by atoms with E-state index in [0.29, 0.717) is 10.5 Å². The van der Waals surface area contributed by atoms with Gasteiger partial charge in [0.1, 0.15) is 0 Å². The van der Waals surface area contributed by atoms with Gasteiger partial charge in [-0.25, -0.2) is 8.42 Å². The van der Waals surface area contributed by atoms with E-state index in [1.54, 1.807) is 24.3 Å². The number of hydrogen-bond donors (Lipinski definition) is 0. The Kier molecular flexibility index (Phi) is 3.71. The third kappa shape index (κ3) is 2.56. The minimum atomic E-state index is -3.53. The van der Waals surface area contributed by atoms with E-state index < -0.39 is 10.0 Å². The lowest BCUT2D eigenvalue weighted by Gasteiger charge is -2.37. The number of carbonyl (C=O) groups is 1. The summed E-state index contributed by atoms with van der Waals surface area (Å²) in [7, 11) is -3.53. The minimum absolute atomic E-state index is 0.107. The van der Waals surface area contributed by atoms with Crippen molar-refractivity contribution in [2.45, 2.75) is 43.5 Å². The summed E-state index contributed by atoms with van der Waals surface area (Å²) in [5.41, 5.74) is 1.73. The number of hydrogen-bond acceptors (Lipinski definition) is 3. The Labute approximate surface area is 125 Å². The molecule has 0 bridgehead atoms. The van der Waals surface area contributed by atoms with E-state index in [-0.39, 0.29) is 24.8 Å². The van der Waals surface area contributed by atoms with Gasteiger partial charge in [0.2, 0.25) is 10.0 Å². The van der Waals surface area contributed by atoms with Crippen molar-refractivity contribution in [1.82, 2.24) is 4.31 Å². The molecule has 1 aromatic rings. The highest BCUT2D eigenvalue weighted by Gasteiger charge is 2.39. The second kappa shape index (κ2) is 5.39. The predicted octanol–water partition coefficient (Wildman–Crippen LogP) is 2.44. The molecule has 1 atom stereocenters. The summed E-state index contributed by atoms with van der Waals surface area (Å²) in [6.45, 7) is 2.22. The zero-order chi connectivity index (χ0) is 15.0. The molecule has 0 N–H and O–H groups in total. The monoisotopic (exact) mass is 305 g/mol. The molecule has 0 amide bonds. The van der Waals surface area contributed by atoms with Gasteiger partial charge in [0.25, 0.3) is 0 Å². The Balaban J connectivity index is 1.98. The first-order chi connectivity index (χ1) is 10.00. The second-order valence-electron chi connectivity index (χ2n) is 5.71. The highest BCUT2D eigenvalue weighted by Crippen LogP contribution is 2.33. The molecule has 1 unspecified atom stereocenters. The van der Waals surface area contributed by atoms with E-state index in [0.717, 1.165) is 24.8 Å². The average molecular weight is 305 g/mol. The van der Waals surface area contributed by atoms with E-state index in [1.165, 1.54) is 4.31 Å². The van der Waals surface area contributed by atoms with E-state index in [1.807, 2.05) is 13.0 Å². The van der Waals surface area contributed by atoms with Crippen molar-refractivity contribution in [3.05, 3.63) is 41.5 Å². The van der Waals surface area contributed by atoms with Crippen LogP contribution in [0.3, 0.4) is 0 Å². The third-order valence-electron chi connectivity index (χ3n) is 4.26. The second-order valence-corrected chi connectivity index (χ2v) is 7.60. The number of nitrogens with zero attached hydrogens (tertiary/aromatic N) is 1. The molecular formula is C16H19NO3S. The Morgan fingerprint density at radius 2 is 1.90 bits per heavy atom. The zero-order valence-electron chi connectivity index (χ0n) is 12.1. The van der Waals surface area contributed by atoms with E-state index in [4.69, 9.17) is 0 Å². The third-order valence-corrected chi connectivity index (χ3v) is 6.18. The van der Waals surface area contributed by atoms with Crippen LogP contribution in [0.4, 0.5) is 0 Å². The standard InChI is InChI=1S/C16H19NO3S/c1-12-6-8-13(9-7-12)21(19,20)17-11-10-16(18)14-4-2-3-5-15(14)17/h4,6-9,15H,2-3,5,10-11H2,1H3. The molecule has 3 rings (SSSR count). The maximum absolute atomic E-state index is 12.8. The van der Waals surface area contributed by atoms with E-state index in [2.05, 4.69) is 0 Å². The predicted molar refractivity (Wildman–Crippen MR) is 80.4 cm³/mol. The molecule has 1 fully saturated rings. The molecule has 0 saturated carbocycles. The number of allylic oxidation sites excluding steroid dienone is 1. The SMILES string of the molecule is Cc1ccc(S(=O)(=O)N2CCC(=O)C3=CCCCC32)cc1. The number of Topliss-reactive ketones (excluding diaryl/α,β-unsaturated/α-hetero) is 1. The molecule has 5 heteroatoms. The van der Waals surface area contributed by atoms with Gasteiger partial charge in [0.05, 0.1) is 10.9 Å². The molecule has 0 aromatic heterocycles. The summed E-state index contributed by atoms with van der Waals surface area (Å²) in [6.07, 6.45) is 4.75. The van der Waals surface area contributed by atoms with Crippen LogP contribution < -0.4 is 0 Å². The molecule has 0 radical (unpaired) electrons. The van der Waals surface area contributed by atoms with Crippen molar-refractivity contribution in [3.63, 3.8) is 0 Å². The lowest BCUT2D eigenvalue weighted by atomic mass is 9.87. The highest BCUT2D eigenvalue weighted by atomic mass is 32.2. The Bertz CT molecular complexity index is 689. The normalized spacial score (nSPS) is 23.6. The first kappa shape index (κ1) is 14.5. The maximum Gasteiger partial charge on any atom is 0.243 e. The lowest BCUT2D eigenvalue weighted by Crippen LogP contribution is -2.48. The fourth-order valence-electron chi connectivity index (χ4n) is 3.10. The summed E-state index contributed by atoms with van der Waals surface area (Å²) in [4.78, 5) is 12.3. The molecule has 21 heavy (non-hydrogen) atoms. The van der Waals surface area contributed by atoms with Gasteiger partial charge in [-0.05, 0) is 38.3 Å². The molecule has 112 valence electrons. The summed E-state index contributed by atoms with van der Waals surface area (Å²) >= 11 is 0. The molecule has 2 aliphatic rings. The Morgan fingerprint density at radius 1 is 1.19 bits per heavy atom. The largest absolute Gasteiger partial charge is 0.294 e. The maximum atomic E-state index is 12.8. The molecule has 0 spiro atoms. The zero-order valence-corrected chi connectivity index (χ0v) is 12.9. The van der Waals surface area contributed by atoms with Crippen molar-refractivity contribution in [3.8, 4) is 0 Å². The van der Waals surface area contributed by atoms with Crippen molar-refractivity contribution < 1.29 is 13.2 Å². The number of aryl methyl sites for hydroxylation is 1. The summed E-state index contributed by atoms with van der Waals surface area (Å²) < 4.78 is 27.2. The summed E-state index contributed by atoms with van der Waals surface area (Å²) in [5, 5.41) is 0. The van der Waals surface area contributed by atoms with Crippen molar-refractivity contribution in [2.75, 3.05) is 6.54 Å². The number of benzene rings is 1. The number of fused-ring (bicyclic) bond motifs is 1. The van der Waals surface area contributed by atoms with E-state index >= 15 is 0 Å². The number of piperidine rings is 1. The van der Waals surface area contributed by atoms with E-state index in [9.17, 15) is 13.2 Å². The topological polar surface area (TPSA) is 54.5 Å². The molecule has 1 heterocycles. The smallest absolute Gasteiger partial charge is 0.243 e. The lowest BCUT2D eigenvalue weighted by molar-refractivity contribution is -0.117. The minimum Gasteiger partial charge on any atom is -0.294 e. The van der Waals surface area contributed by atoms with Gasteiger partial charge < -0.3 is 0 Å². The average Bonchev–Trinajstić information content (AvgIpc) is 2.48. The van der Waals surface area contributed by atoms with Gasteiger partial charge in [-0.15, -0.1) is 0 Å². The van der Waals surface area contributed by atoms with Gasteiger partial charge in [-0.3, -0.25) is 4.79 Å². The van der Waals surface area contributed by atoms with Crippen LogP contribution in [0.1, 0.15) is 31.2 Å². The molecule has 1 aromatic carbocycles. The van der Waals surface area contributed by atoms with Crippen LogP contribution in [-0.4, -0.2) is 31.1 Å². The molecule has 1 aliphatic heterocycles. The van der Waals surface area contributed by atoms with Crippen molar-refractivity contribution in [2.24, 2.45) is 0 Å². The number of ketones is 1. The molecular weight excluding hydrogens is 286 g/mol.